The lowest BCUT2D eigenvalue weighted by Crippen LogP contribution is -2.62. The van der Waals surface area contributed by atoms with Crippen LogP contribution in [0.3, 0.4) is 0 Å². The first-order valence-electron chi connectivity index (χ1n) is 19.0. The van der Waals surface area contributed by atoms with E-state index in [1.807, 2.05) is 152 Å². The maximum absolute atomic E-state index is 13.0. The summed E-state index contributed by atoms with van der Waals surface area (Å²) in [5, 5.41) is 2.58. The maximum atomic E-state index is 13.0. The molecule has 11 heteroatoms. The lowest BCUT2D eigenvalue weighted by molar-refractivity contribution is -0.329. The normalized spacial score (nSPS) is 19.6. The van der Waals surface area contributed by atoms with Crippen LogP contribution < -0.4 is 5.32 Å². The lowest BCUT2D eigenvalue weighted by Gasteiger charge is -2.46. The van der Waals surface area contributed by atoms with Crippen LogP contribution in [0.2, 0.25) is 0 Å². The maximum Gasteiger partial charge on any atom is 0.408 e. The Kier molecular flexibility index (Phi) is 16.2. The number of methoxy groups -OCH3 is 1. The van der Waals surface area contributed by atoms with Gasteiger partial charge in [0.05, 0.1) is 46.8 Å². The summed E-state index contributed by atoms with van der Waals surface area (Å²) in [5.41, 5.74) is 4.62. The van der Waals surface area contributed by atoms with Crippen LogP contribution in [0.25, 0.3) is 0 Å². The van der Waals surface area contributed by atoms with Crippen molar-refractivity contribution in [3.8, 4) is 0 Å². The topological polar surface area (TPSA) is 120 Å². The average molecular weight is 776 g/mol. The summed E-state index contributed by atoms with van der Waals surface area (Å²) in [5.74, 6) is -0.729. The highest BCUT2D eigenvalue weighted by Gasteiger charge is 2.49. The molecule has 0 radical (unpaired) electrons. The smallest absolute Gasteiger partial charge is 0.408 e. The Morgan fingerprint density at radius 2 is 0.965 bits per heavy atom. The molecule has 1 aliphatic rings. The molecule has 1 aliphatic heterocycles. The van der Waals surface area contributed by atoms with Gasteiger partial charge in [-0.3, -0.25) is 0 Å². The number of carbonyl (C=O) groups excluding carboxylic acids is 2. The molecule has 57 heavy (non-hydrogen) atoms. The number of esters is 1. The molecule has 0 bridgehead atoms. The number of benzene rings is 5. The van der Waals surface area contributed by atoms with Crippen molar-refractivity contribution in [2.45, 2.75) is 69.8 Å². The third-order valence-corrected chi connectivity index (χ3v) is 9.26. The van der Waals surface area contributed by atoms with Crippen molar-refractivity contribution in [2.75, 3.05) is 20.3 Å². The van der Waals surface area contributed by atoms with E-state index in [1.165, 1.54) is 7.11 Å². The first-order valence-corrected chi connectivity index (χ1v) is 19.0. The van der Waals surface area contributed by atoms with Crippen molar-refractivity contribution in [3.05, 3.63) is 179 Å². The van der Waals surface area contributed by atoms with Gasteiger partial charge in [-0.1, -0.05) is 152 Å². The molecule has 6 atom stereocenters. The zero-order chi connectivity index (χ0) is 39.5. The van der Waals surface area contributed by atoms with Crippen LogP contribution in [0, 0.1) is 0 Å². The van der Waals surface area contributed by atoms with Gasteiger partial charge in [-0.25, -0.2) is 9.59 Å². The van der Waals surface area contributed by atoms with Crippen LogP contribution >= 0.6 is 0 Å². The number of alkyl carbamates (subject to hydrolysis) is 1. The molecular weight excluding hydrogens is 727 g/mol. The molecule has 0 spiro atoms. The summed E-state index contributed by atoms with van der Waals surface area (Å²) >= 11 is 0. The number of carbonyl (C=O) groups is 2. The zero-order valence-corrected chi connectivity index (χ0v) is 31.9. The van der Waals surface area contributed by atoms with Crippen molar-refractivity contribution in [3.63, 3.8) is 0 Å². The van der Waals surface area contributed by atoms with Crippen molar-refractivity contribution >= 4 is 12.1 Å². The third kappa shape index (κ3) is 13.1. The van der Waals surface area contributed by atoms with Gasteiger partial charge in [-0.2, -0.15) is 0 Å². The Morgan fingerprint density at radius 1 is 0.544 bits per heavy atom. The number of hydrogen-bond donors (Lipinski definition) is 1. The fourth-order valence-corrected chi connectivity index (χ4v) is 6.29. The minimum atomic E-state index is -1.24. The molecule has 5 aromatic rings. The van der Waals surface area contributed by atoms with Crippen molar-refractivity contribution in [1.29, 1.82) is 0 Å². The van der Waals surface area contributed by atoms with Crippen LogP contribution in [0.15, 0.2) is 152 Å². The summed E-state index contributed by atoms with van der Waals surface area (Å²) in [6.45, 7) is 0.845. The van der Waals surface area contributed by atoms with E-state index in [9.17, 15) is 9.59 Å². The third-order valence-electron chi connectivity index (χ3n) is 9.26. The van der Waals surface area contributed by atoms with E-state index < -0.39 is 48.8 Å². The van der Waals surface area contributed by atoms with E-state index in [4.69, 9.17) is 37.9 Å². The summed E-state index contributed by atoms with van der Waals surface area (Å²) in [7, 11) is 1.23. The molecule has 11 nitrogen and oxygen atoms in total. The second-order valence-corrected chi connectivity index (χ2v) is 13.4. The molecule has 1 heterocycles. The van der Waals surface area contributed by atoms with E-state index in [-0.39, 0.29) is 39.6 Å². The van der Waals surface area contributed by atoms with Gasteiger partial charge < -0.3 is 43.2 Å². The highest BCUT2D eigenvalue weighted by atomic mass is 16.7. The molecule has 0 aliphatic carbocycles. The molecule has 6 rings (SSSR count). The molecule has 0 unspecified atom stereocenters. The van der Waals surface area contributed by atoms with E-state index in [2.05, 4.69) is 5.32 Å². The number of amides is 1. The van der Waals surface area contributed by atoms with Crippen molar-refractivity contribution in [2.24, 2.45) is 0 Å². The van der Waals surface area contributed by atoms with Crippen LogP contribution in [-0.4, -0.2) is 69.1 Å². The van der Waals surface area contributed by atoms with Crippen LogP contribution in [0.4, 0.5) is 4.79 Å². The van der Waals surface area contributed by atoms with Gasteiger partial charge in [0, 0.05) is 0 Å². The molecule has 1 fully saturated rings. The Balaban J connectivity index is 1.27. The fourth-order valence-electron chi connectivity index (χ4n) is 6.29. The second kappa shape index (κ2) is 22.4. The molecule has 298 valence electrons. The number of hydrogen-bond acceptors (Lipinski definition) is 10. The summed E-state index contributed by atoms with van der Waals surface area (Å²) < 4.78 is 49.9. The molecule has 1 saturated heterocycles. The molecule has 1 amide bonds. The monoisotopic (exact) mass is 775 g/mol. The minimum absolute atomic E-state index is 0.0119. The largest absolute Gasteiger partial charge is 0.467 e. The summed E-state index contributed by atoms with van der Waals surface area (Å²) in [6.07, 6.45) is -4.94. The Labute approximate surface area is 333 Å². The van der Waals surface area contributed by atoms with Crippen molar-refractivity contribution in [1.82, 2.24) is 5.32 Å². The second-order valence-electron chi connectivity index (χ2n) is 13.4. The predicted molar refractivity (Wildman–Crippen MR) is 211 cm³/mol. The van der Waals surface area contributed by atoms with Gasteiger partial charge >= 0.3 is 12.1 Å². The van der Waals surface area contributed by atoms with E-state index in [1.54, 1.807) is 0 Å². The van der Waals surface area contributed by atoms with E-state index in [0.717, 1.165) is 27.8 Å². The van der Waals surface area contributed by atoms with Gasteiger partial charge in [0.25, 0.3) is 0 Å². The SMILES string of the molecule is COC(=O)[C@H](CO[C@H]1O[C@H](COCc2ccccc2)[C@H](OCc2ccccc2)[C@H](OCc2ccccc2)[C@H]1OCc1ccccc1)NC(=O)OCc1ccccc1. The van der Waals surface area contributed by atoms with Gasteiger partial charge in [0.15, 0.2) is 12.3 Å². The Hall–Kier alpha value is -5.40. The van der Waals surface area contributed by atoms with Crippen LogP contribution in [0.1, 0.15) is 27.8 Å². The number of ether oxygens (including phenoxy) is 8. The van der Waals surface area contributed by atoms with Crippen LogP contribution in [0.5, 0.6) is 0 Å². The quantitative estimate of drug-likeness (QED) is 0.0816. The van der Waals surface area contributed by atoms with E-state index in [0.29, 0.717) is 6.61 Å². The standard InChI is InChI=1S/C46H49NO10/c1-50-44(48)39(47-46(49)56-31-38-25-15-6-16-26-38)32-55-45-43(54-30-37-23-13-5-14-24-37)42(53-29-36-21-11-4-12-22-36)41(52-28-35-19-9-3-10-20-35)40(57-45)33-51-27-34-17-7-2-8-18-34/h2-26,39-43,45H,27-33H2,1H3,(H,47,49)/t39-,40+,41-,42-,43+,45-/m0/s1. The minimum Gasteiger partial charge on any atom is -0.467 e. The molecule has 0 saturated carbocycles. The summed E-state index contributed by atoms with van der Waals surface area (Å²) in [4.78, 5) is 25.9. The molecule has 0 aromatic heterocycles. The molecule has 1 N–H and O–H groups in total. The summed E-state index contributed by atoms with van der Waals surface area (Å²) in [6, 6.07) is 47.2. The van der Waals surface area contributed by atoms with Gasteiger partial charge in [-0.15, -0.1) is 0 Å². The predicted octanol–water partition coefficient (Wildman–Crippen LogP) is 7.17. The molecular formula is C46H49NO10. The molecule has 5 aromatic carbocycles. The number of rotatable bonds is 20. The fraction of sp³-hybridized carbons (Fsp3) is 0.304. The van der Waals surface area contributed by atoms with Crippen LogP contribution in [-0.2, 0) is 75.7 Å². The number of nitrogens with one attached hydrogen (secondary N) is 1. The van der Waals surface area contributed by atoms with Gasteiger partial charge in [-0.05, 0) is 27.8 Å². The average Bonchev–Trinajstić information content (AvgIpc) is 3.27. The first-order chi connectivity index (χ1) is 28.1. The lowest BCUT2D eigenvalue weighted by atomic mass is 9.97. The van der Waals surface area contributed by atoms with Gasteiger partial charge in [0.2, 0.25) is 0 Å². The Bertz CT molecular complexity index is 1890. The highest BCUT2D eigenvalue weighted by molar-refractivity contribution is 5.81. The zero-order valence-electron chi connectivity index (χ0n) is 31.9. The van der Waals surface area contributed by atoms with Gasteiger partial charge in [0.1, 0.15) is 31.0 Å². The van der Waals surface area contributed by atoms with E-state index >= 15 is 0 Å². The Morgan fingerprint density at radius 3 is 1.44 bits per heavy atom. The first kappa shape index (κ1) is 41.2. The highest BCUT2D eigenvalue weighted by Crippen LogP contribution is 2.32. The van der Waals surface area contributed by atoms with Crippen molar-refractivity contribution < 1.29 is 47.5 Å².